The van der Waals surface area contributed by atoms with Gasteiger partial charge in [0.15, 0.2) is 0 Å². The van der Waals surface area contributed by atoms with E-state index < -0.39 is 0 Å². The lowest BCUT2D eigenvalue weighted by atomic mass is 9.79. The van der Waals surface area contributed by atoms with Crippen molar-refractivity contribution in [2.45, 2.75) is 45.2 Å². The molecule has 0 spiro atoms. The van der Waals surface area contributed by atoms with Crippen LogP contribution in [0.1, 0.15) is 32.8 Å². The molecule has 20 heavy (non-hydrogen) atoms. The molecule has 0 aliphatic rings. The van der Waals surface area contributed by atoms with Crippen molar-refractivity contribution < 1.29 is 0 Å². The van der Waals surface area contributed by atoms with Crippen LogP contribution >= 0.6 is 0 Å². The van der Waals surface area contributed by atoms with E-state index >= 15 is 0 Å². The highest BCUT2D eigenvalue weighted by Crippen LogP contribution is 2.27. The van der Waals surface area contributed by atoms with Gasteiger partial charge in [-0.3, -0.25) is 0 Å². The smallest absolute Gasteiger partial charge is 0.0946 e. The highest BCUT2D eigenvalue weighted by Gasteiger charge is 2.22. The largest absolute Gasteiger partial charge is 0.336 e. The fourth-order valence-electron chi connectivity index (χ4n) is 2.70. The van der Waals surface area contributed by atoms with Crippen molar-refractivity contribution in [3.63, 3.8) is 0 Å². The maximum absolute atomic E-state index is 4.05. The summed E-state index contributed by atoms with van der Waals surface area (Å²) in [5.41, 5.74) is 1.60. The molecule has 0 fully saturated rings. The maximum Gasteiger partial charge on any atom is 0.0946 e. The van der Waals surface area contributed by atoms with Crippen molar-refractivity contribution in [2.24, 2.45) is 0 Å². The molecule has 3 heteroatoms. The number of nitrogens with zero attached hydrogens (tertiary/aromatic N) is 2. The van der Waals surface area contributed by atoms with E-state index in [2.05, 4.69) is 66.0 Å². The molecule has 3 nitrogen and oxygen atoms in total. The topological polar surface area (TPSA) is 29.9 Å². The molecular weight excluding hydrogens is 246 g/mol. The van der Waals surface area contributed by atoms with Gasteiger partial charge in [-0.1, -0.05) is 44.2 Å². The molecule has 0 radical (unpaired) electrons. The van der Waals surface area contributed by atoms with E-state index in [0.29, 0.717) is 6.04 Å². The molecular formula is C17H25N3. The van der Waals surface area contributed by atoms with Crippen LogP contribution in [0.15, 0.2) is 49.1 Å². The molecule has 1 aromatic heterocycles. The van der Waals surface area contributed by atoms with Gasteiger partial charge in [-0.15, -0.1) is 0 Å². The van der Waals surface area contributed by atoms with Gasteiger partial charge >= 0.3 is 0 Å². The normalized spacial score (nSPS) is 13.3. The van der Waals surface area contributed by atoms with Gasteiger partial charge in [-0.05, 0) is 24.3 Å². The minimum Gasteiger partial charge on any atom is -0.336 e. The second-order valence-electron chi connectivity index (χ2n) is 6.11. The zero-order chi connectivity index (χ0) is 14.4. The van der Waals surface area contributed by atoms with E-state index in [9.17, 15) is 0 Å². The van der Waals surface area contributed by atoms with Crippen LogP contribution in [0.4, 0.5) is 0 Å². The molecule has 1 unspecified atom stereocenters. The Labute approximate surface area is 122 Å². The molecule has 2 rings (SSSR count). The summed E-state index contributed by atoms with van der Waals surface area (Å²) in [7, 11) is 0. The van der Waals surface area contributed by atoms with Crippen molar-refractivity contribution in [1.29, 1.82) is 0 Å². The van der Waals surface area contributed by atoms with Gasteiger partial charge < -0.3 is 9.88 Å². The highest BCUT2D eigenvalue weighted by atomic mass is 15.0. The predicted octanol–water partition coefficient (Wildman–Crippen LogP) is 3.23. The summed E-state index contributed by atoms with van der Waals surface area (Å²) < 4.78 is 2.10. The Hall–Kier alpha value is -1.61. The summed E-state index contributed by atoms with van der Waals surface area (Å²) in [5, 5.41) is 3.60. The summed E-state index contributed by atoms with van der Waals surface area (Å²) in [6, 6.07) is 11.2. The number of hydrogen-bond donors (Lipinski definition) is 1. The van der Waals surface area contributed by atoms with Crippen LogP contribution in [0.5, 0.6) is 0 Å². The van der Waals surface area contributed by atoms with Crippen LogP contribution in [0.25, 0.3) is 0 Å². The number of benzene rings is 1. The van der Waals surface area contributed by atoms with Crippen LogP contribution in [0.3, 0.4) is 0 Å². The lowest BCUT2D eigenvalue weighted by Crippen LogP contribution is -2.35. The van der Waals surface area contributed by atoms with E-state index in [1.54, 1.807) is 0 Å². The molecule has 0 aliphatic carbocycles. The highest BCUT2D eigenvalue weighted by molar-refractivity contribution is 5.23. The number of aromatic nitrogens is 2. The Balaban J connectivity index is 1.80. The summed E-state index contributed by atoms with van der Waals surface area (Å²) >= 11 is 0. The number of rotatable bonds is 7. The SMILES string of the molecule is CC(CC(C)(C)c1ccccc1)NCCn1ccnc1. The Morgan fingerprint density at radius 1 is 1.25 bits per heavy atom. The average molecular weight is 271 g/mol. The first-order chi connectivity index (χ1) is 9.58. The Kier molecular flexibility index (Phi) is 4.96. The van der Waals surface area contributed by atoms with Crippen molar-refractivity contribution in [1.82, 2.24) is 14.9 Å². The molecule has 0 aliphatic heterocycles. The zero-order valence-electron chi connectivity index (χ0n) is 12.7. The van der Waals surface area contributed by atoms with E-state index in [1.807, 2.05) is 18.7 Å². The number of nitrogens with one attached hydrogen (secondary N) is 1. The van der Waals surface area contributed by atoms with Crippen LogP contribution in [-0.2, 0) is 12.0 Å². The summed E-state index contributed by atoms with van der Waals surface area (Å²) in [4.78, 5) is 4.05. The van der Waals surface area contributed by atoms with Gasteiger partial charge in [0, 0.05) is 31.5 Å². The average Bonchev–Trinajstić information content (AvgIpc) is 2.92. The van der Waals surface area contributed by atoms with Crippen LogP contribution < -0.4 is 5.32 Å². The Bertz CT molecular complexity index is 488. The van der Waals surface area contributed by atoms with E-state index in [4.69, 9.17) is 0 Å². The lowest BCUT2D eigenvalue weighted by molar-refractivity contribution is 0.384. The third kappa shape index (κ3) is 4.20. The van der Waals surface area contributed by atoms with E-state index in [0.717, 1.165) is 19.5 Å². The second kappa shape index (κ2) is 6.71. The van der Waals surface area contributed by atoms with Crippen LogP contribution in [-0.4, -0.2) is 22.1 Å². The molecule has 2 aromatic rings. The first-order valence-electron chi connectivity index (χ1n) is 7.32. The summed E-state index contributed by atoms with van der Waals surface area (Å²) in [6.45, 7) is 8.84. The Morgan fingerprint density at radius 3 is 2.65 bits per heavy atom. The monoisotopic (exact) mass is 271 g/mol. The first kappa shape index (κ1) is 14.8. The van der Waals surface area contributed by atoms with Crippen LogP contribution in [0, 0.1) is 0 Å². The third-order valence-corrected chi connectivity index (χ3v) is 3.79. The lowest BCUT2D eigenvalue weighted by Gasteiger charge is -2.29. The quantitative estimate of drug-likeness (QED) is 0.838. The molecule has 1 aromatic carbocycles. The molecule has 108 valence electrons. The Morgan fingerprint density at radius 2 is 2.00 bits per heavy atom. The van der Waals surface area contributed by atoms with Crippen molar-refractivity contribution in [3.05, 3.63) is 54.6 Å². The van der Waals surface area contributed by atoms with Crippen LogP contribution in [0.2, 0.25) is 0 Å². The predicted molar refractivity (Wildman–Crippen MR) is 83.8 cm³/mol. The molecule has 1 heterocycles. The minimum atomic E-state index is 0.197. The second-order valence-corrected chi connectivity index (χ2v) is 6.11. The van der Waals surface area contributed by atoms with Gasteiger partial charge in [-0.25, -0.2) is 4.98 Å². The fraction of sp³-hybridized carbons (Fsp3) is 0.471. The molecule has 0 saturated carbocycles. The maximum atomic E-state index is 4.05. The van der Waals surface area contributed by atoms with Crippen molar-refractivity contribution in [3.8, 4) is 0 Å². The first-order valence-corrected chi connectivity index (χ1v) is 7.32. The third-order valence-electron chi connectivity index (χ3n) is 3.79. The van der Waals surface area contributed by atoms with E-state index in [-0.39, 0.29) is 5.41 Å². The van der Waals surface area contributed by atoms with Crippen molar-refractivity contribution in [2.75, 3.05) is 6.54 Å². The van der Waals surface area contributed by atoms with E-state index in [1.165, 1.54) is 5.56 Å². The van der Waals surface area contributed by atoms with Gasteiger partial charge in [0.2, 0.25) is 0 Å². The van der Waals surface area contributed by atoms with Gasteiger partial charge in [-0.2, -0.15) is 0 Å². The van der Waals surface area contributed by atoms with Gasteiger partial charge in [0.1, 0.15) is 0 Å². The molecule has 0 saturated heterocycles. The molecule has 1 N–H and O–H groups in total. The summed E-state index contributed by atoms with van der Waals surface area (Å²) in [5.74, 6) is 0. The van der Waals surface area contributed by atoms with Crippen molar-refractivity contribution >= 4 is 0 Å². The van der Waals surface area contributed by atoms with Gasteiger partial charge in [0.05, 0.1) is 6.33 Å². The summed E-state index contributed by atoms with van der Waals surface area (Å²) in [6.07, 6.45) is 6.81. The molecule has 1 atom stereocenters. The minimum absolute atomic E-state index is 0.197. The fourth-order valence-corrected chi connectivity index (χ4v) is 2.70. The standard InChI is InChI=1S/C17H25N3/c1-15(19-10-12-20-11-9-18-14-20)13-17(2,3)16-7-5-4-6-8-16/h4-9,11,14-15,19H,10,12-13H2,1-3H3. The number of hydrogen-bond acceptors (Lipinski definition) is 2. The molecule has 0 amide bonds. The number of imidazole rings is 1. The molecule has 0 bridgehead atoms. The zero-order valence-corrected chi connectivity index (χ0v) is 12.7. The van der Waals surface area contributed by atoms with Gasteiger partial charge in [0.25, 0.3) is 0 Å².